The van der Waals surface area contributed by atoms with Gasteiger partial charge in [0.1, 0.15) is 12.4 Å². The molecular formula is C34H26ClF3N2O4S2. The number of thiazole rings is 1. The molecule has 3 fully saturated rings. The van der Waals surface area contributed by atoms with Gasteiger partial charge < -0.3 is 9.72 Å². The number of nitrogens with one attached hydrogen (secondary N) is 1. The van der Waals surface area contributed by atoms with Crippen molar-refractivity contribution in [3.05, 3.63) is 109 Å². The number of amides is 2. The normalized spacial score (nSPS) is 27.9. The first-order chi connectivity index (χ1) is 22.0. The highest BCUT2D eigenvalue weighted by Gasteiger charge is 2.70. The number of aromatic amines is 1. The van der Waals surface area contributed by atoms with Gasteiger partial charge in [0.2, 0.25) is 11.8 Å². The largest absolute Gasteiger partial charge is 0.489 e. The average molecular weight is 683 g/mol. The molecule has 3 heterocycles. The van der Waals surface area contributed by atoms with Crippen LogP contribution in [-0.2, 0) is 22.4 Å². The quantitative estimate of drug-likeness (QED) is 0.219. The monoisotopic (exact) mass is 682 g/mol. The number of thioether (sulfide) groups is 1. The predicted octanol–water partition coefficient (Wildman–Crippen LogP) is 7.67. The molecule has 4 aromatic rings. The minimum Gasteiger partial charge on any atom is -0.489 e. The molecule has 1 N–H and O–H groups in total. The van der Waals surface area contributed by atoms with Crippen molar-refractivity contribution in [1.82, 2.24) is 4.98 Å². The summed E-state index contributed by atoms with van der Waals surface area (Å²) >= 11 is 9.19. The second-order valence-corrected chi connectivity index (χ2v) is 15.1. The molecule has 1 saturated heterocycles. The minimum absolute atomic E-state index is 0.146. The van der Waals surface area contributed by atoms with E-state index in [1.807, 2.05) is 43.3 Å². The maximum absolute atomic E-state index is 14.1. The van der Waals surface area contributed by atoms with Gasteiger partial charge in [-0.3, -0.25) is 14.4 Å². The molecule has 6 nitrogen and oxygen atoms in total. The maximum atomic E-state index is 14.1. The van der Waals surface area contributed by atoms with Crippen molar-refractivity contribution in [3.63, 3.8) is 0 Å². The van der Waals surface area contributed by atoms with E-state index >= 15 is 0 Å². The third-order valence-corrected chi connectivity index (χ3v) is 12.8. The van der Waals surface area contributed by atoms with Crippen molar-refractivity contribution in [2.45, 2.75) is 42.3 Å². The molecular weight excluding hydrogens is 657 g/mol. The molecule has 8 rings (SSSR count). The van der Waals surface area contributed by atoms with Gasteiger partial charge in [0, 0.05) is 26.6 Å². The number of anilines is 1. The summed E-state index contributed by atoms with van der Waals surface area (Å²) in [7, 11) is 0. The Bertz CT molecular complexity index is 1960. The first kappa shape index (κ1) is 29.8. The summed E-state index contributed by atoms with van der Waals surface area (Å²) in [5.74, 6) is -3.13. The van der Waals surface area contributed by atoms with Crippen molar-refractivity contribution in [2.24, 2.45) is 29.6 Å². The van der Waals surface area contributed by atoms with Gasteiger partial charge in [-0.05, 0) is 67.0 Å². The molecule has 2 amide bonds. The number of nitrogens with zero attached hydrogens (tertiary/aromatic N) is 1. The fourth-order valence-corrected chi connectivity index (χ4v) is 11.3. The Hall–Kier alpha value is -3.54. The Morgan fingerprint density at radius 3 is 2.43 bits per heavy atom. The van der Waals surface area contributed by atoms with E-state index in [4.69, 9.17) is 16.3 Å². The van der Waals surface area contributed by atoms with E-state index in [0.29, 0.717) is 28.8 Å². The Morgan fingerprint density at radius 2 is 1.70 bits per heavy atom. The molecule has 2 saturated carbocycles. The van der Waals surface area contributed by atoms with Gasteiger partial charge in [-0.25, -0.2) is 4.90 Å². The van der Waals surface area contributed by atoms with Crippen molar-refractivity contribution >= 4 is 52.2 Å². The number of alkyl halides is 3. The number of para-hydroxylation sites is 1. The number of halogens is 4. The summed E-state index contributed by atoms with van der Waals surface area (Å²) in [6, 6.07) is 18.2. The molecule has 236 valence electrons. The van der Waals surface area contributed by atoms with Gasteiger partial charge in [0.25, 0.3) is 0 Å². The average Bonchev–Trinajstić information content (AvgIpc) is 3.75. The maximum Gasteiger partial charge on any atom is 0.418 e. The molecule has 3 aromatic carbocycles. The second-order valence-electron chi connectivity index (χ2n) is 12.4. The minimum atomic E-state index is -4.73. The number of rotatable bonds is 5. The summed E-state index contributed by atoms with van der Waals surface area (Å²) in [5.41, 5.74) is 1.46. The lowest BCUT2D eigenvalue weighted by atomic mass is 9.68. The summed E-state index contributed by atoms with van der Waals surface area (Å²) < 4.78 is 48.4. The summed E-state index contributed by atoms with van der Waals surface area (Å²) in [5, 5.41) is 1.05. The zero-order valence-electron chi connectivity index (χ0n) is 24.2. The van der Waals surface area contributed by atoms with Crippen LogP contribution in [0.1, 0.15) is 39.5 Å². The van der Waals surface area contributed by atoms with Crippen molar-refractivity contribution < 1.29 is 27.5 Å². The van der Waals surface area contributed by atoms with E-state index in [1.165, 1.54) is 30.0 Å². The molecule has 7 atom stereocenters. The van der Waals surface area contributed by atoms with E-state index in [1.54, 1.807) is 6.07 Å². The van der Waals surface area contributed by atoms with E-state index < -0.39 is 41.1 Å². The second kappa shape index (κ2) is 10.7. The molecule has 4 aliphatic rings. The molecule has 2 aliphatic heterocycles. The number of benzene rings is 3. The van der Waals surface area contributed by atoms with Crippen LogP contribution in [-0.4, -0.2) is 22.0 Å². The van der Waals surface area contributed by atoms with Crippen molar-refractivity contribution in [2.75, 3.05) is 4.90 Å². The molecule has 2 bridgehead atoms. The van der Waals surface area contributed by atoms with E-state index in [0.717, 1.165) is 43.9 Å². The standard InChI is InChI=1S/C34H26ClF3N2O4S2/c1-15-6-8-16(9-7-15)14-44-23-11-10-17(35)12-18(23)24-25-19-13-20(28(25)45-30-29(24)46-33(43)39-30)27-26(19)31(41)40(32(27)42)22-5-3-2-4-21(22)34(36,37)38/h2-12,19-20,24-28H,13-14H2,1H3,(H,39,43)/t19-,20-,24+,25+,26+,27+,28-/m1/s1. The van der Waals surface area contributed by atoms with Crippen LogP contribution < -0.4 is 14.5 Å². The SMILES string of the molecule is Cc1ccc(COc2ccc(Cl)cc2[C@@H]2c3sc(=O)[nH]c3S[C@@H]3[C@@H]4C[C@@H]([C@@H]5C(=O)N(c6ccccc6C(F)(F)F)C(=O)[C@@H]45)[C@@H]23)cc1. The lowest BCUT2D eigenvalue weighted by Crippen LogP contribution is -2.42. The number of imide groups is 1. The van der Waals surface area contributed by atoms with Crippen LogP contribution in [0.25, 0.3) is 0 Å². The number of ether oxygens (including phenoxy) is 1. The highest BCUT2D eigenvalue weighted by molar-refractivity contribution is 8.00. The van der Waals surface area contributed by atoms with Gasteiger partial charge in [-0.15, -0.1) is 11.8 Å². The Kier molecular flexibility index (Phi) is 6.97. The summed E-state index contributed by atoms with van der Waals surface area (Å²) in [6.07, 6.45) is -4.13. The number of carbonyl (C=O) groups excluding carboxylic acids is 2. The molecule has 12 heteroatoms. The zero-order chi connectivity index (χ0) is 32.1. The third kappa shape index (κ3) is 4.57. The number of aryl methyl sites for hydroxylation is 1. The first-order valence-corrected chi connectivity index (χ1v) is 17.0. The number of H-pyrrole nitrogens is 1. The van der Waals surface area contributed by atoms with Gasteiger partial charge in [0.15, 0.2) is 0 Å². The van der Waals surface area contributed by atoms with Gasteiger partial charge in [-0.1, -0.05) is 64.9 Å². The summed E-state index contributed by atoms with van der Waals surface area (Å²) in [6.45, 7) is 2.31. The smallest absolute Gasteiger partial charge is 0.418 e. The molecule has 0 unspecified atom stereocenters. The van der Waals surface area contributed by atoms with E-state index in [-0.39, 0.29) is 33.8 Å². The number of carbonyl (C=O) groups is 2. The van der Waals surface area contributed by atoms with Crippen LogP contribution in [0.3, 0.4) is 0 Å². The fraction of sp³-hybridized carbons (Fsp3) is 0.324. The van der Waals surface area contributed by atoms with Gasteiger partial charge in [-0.2, -0.15) is 13.2 Å². The van der Waals surface area contributed by atoms with E-state index in [9.17, 15) is 27.6 Å². The zero-order valence-corrected chi connectivity index (χ0v) is 26.6. The number of hydrogen-bond donors (Lipinski definition) is 1. The van der Waals surface area contributed by atoms with Crippen molar-refractivity contribution in [3.8, 4) is 5.75 Å². The Morgan fingerprint density at radius 1 is 0.978 bits per heavy atom. The molecule has 1 aromatic heterocycles. The van der Waals surface area contributed by atoms with Crippen molar-refractivity contribution in [1.29, 1.82) is 0 Å². The van der Waals surface area contributed by atoms with Crippen LogP contribution in [0.4, 0.5) is 18.9 Å². The van der Waals surface area contributed by atoms with Crippen LogP contribution in [0, 0.1) is 36.5 Å². The predicted molar refractivity (Wildman–Crippen MR) is 169 cm³/mol. The number of fused-ring (bicyclic) bond motifs is 9. The third-order valence-electron chi connectivity index (χ3n) is 10.00. The van der Waals surface area contributed by atoms with Crippen LogP contribution in [0.15, 0.2) is 76.6 Å². The topological polar surface area (TPSA) is 79.5 Å². The van der Waals surface area contributed by atoms with Crippen LogP contribution in [0.5, 0.6) is 5.75 Å². The highest BCUT2D eigenvalue weighted by atomic mass is 35.5. The lowest BCUT2D eigenvalue weighted by Gasteiger charge is -2.43. The molecule has 2 aliphatic carbocycles. The van der Waals surface area contributed by atoms with Gasteiger partial charge in [0.05, 0.1) is 28.1 Å². The lowest BCUT2D eigenvalue weighted by molar-refractivity contribution is -0.137. The van der Waals surface area contributed by atoms with E-state index in [2.05, 4.69) is 4.98 Å². The fourth-order valence-electron chi connectivity index (χ4n) is 8.25. The molecule has 46 heavy (non-hydrogen) atoms. The number of hydrogen-bond acceptors (Lipinski definition) is 6. The van der Waals surface area contributed by atoms with Gasteiger partial charge >= 0.3 is 11.0 Å². The summed E-state index contributed by atoms with van der Waals surface area (Å²) in [4.78, 5) is 45.1. The van der Waals surface area contributed by atoms with Crippen LogP contribution >= 0.6 is 34.7 Å². The Balaban J connectivity index is 1.20. The Labute approximate surface area is 274 Å². The first-order valence-electron chi connectivity index (χ1n) is 14.9. The number of aromatic nitrogens is 1. The molecule has 0 spiro atoms. The van der Waals surface area contributed by atoms with Crippen LogP contribution in [0.2, 0.25) is 5.02 Å². The molecule has 0 radical (unpaired) electrons. The highest BCUT2D eigenvalue weighted by Crippen LogP contribution is 2.69.